The van der Waals surface area contributed by atoms with Gasteiger partial charge in [-0.3, -0.25) is 0 Å². The molecule has 32 heavy (non-hydrogen) atoms. The molecule has 0 amide bonds. The Morgan fingerprint density at radius 2 is 1.19 bits per heavy atom. The molecule has 7 heteroatoms. The molecule has 0 N–H and O–H groups in total. The number of hydrogen-bond acceptors (Lipinski definition) is 3. The van der Waals surface area contributed by atoms with Gasteiger partial charge in [0.15, 0.2) is 17.4 Å². The van der Waals surface area contributed by atoms with Gasteiger partial charge in [-0.05, 0) is 85.2 Å². The summed E-state index contributed by atoms with van der Waals surface area (Å²) in [6, 6.07) is 0. The van der Waals surface area contributed by atoms with Crippen LogP contribution in [0, 0.1) is 0 Å². The average molecular weight is 521 g/mol. The van der Waals surface area contributed by atoms with Crippen molar-refractivity contribution in [2.45, 2.75) is 161 Å². The summed E-state index contributed by atoms with van der Waals surface area (Å²) in [4.78, 5) is 0. The third kappa shape index (κ3) is 7.37. The maximum atomic E-state index is 7.45. The van der Waals surface area contributed by atoms with Crippen molar-refractivity contribution >= 4 is 33.7 Å². The third-order valence-corrected chi connectivity index (χ3v) is 20.1. The van der Waals surface area contributed by atoms with E-state index in [-0.39, 0.29) is 15.9 Å². The lowest BCUT2D eigenvalue weighted by molar-refractivity contribution is -0.0126. The minimum Gasteiger partial charge on any atom is -0.420 e. The zero-order valence-corrected chi connectivity index (χ0v) is 29.1. The second kappa shape index (κ2) is 11.7. The van der Waals surface area contributed by atoms with Crippen molar-refractivity contribution in [2.24, 2.45) is 0 Å². The van der Waals surface area contributed by atoms with Crippen molar-refractivity contribution in [3.8, 4) is 0 Å². The summed E-state index contributed by atoms with van der Waals surface area (Å²) in [5, 5.41) is -0.0794. The zero-order chi connectivity index (χ0) is 25.8. The highest BCUT2D eigenvalue weighted by Gasteiger charge is 2.57. The minimum atomic E-state index is -2.21. The van der Waals surface area contributed by atoms with Crippen molar-refractivity contribution in [1.82, 2.24) is 0 Å². The summed E-state index contributed by atoms with van der Waals surface area (Å²) in [5.74, 6) is 0. The van der Waals surface area contributed by atoms with Crippen LogP contribution in [-0.2, 0) is 13.3 Å². The monoisotopic (exact) mass is 520 g/mol. The SMILES string of the molecule is CCC(O[SiH](C)C(CC)(CC)C(C)(CC)O[Si](C)(C)C(C)(CC)O[Si](C)(C)C)[Si](C)(C)C. The Morgan fingerprint density at radius 3 is 1.47 bits per heavy atom. The van der Waals surface area contributed by atoms with Crippen molar-refractivity contribution in [3.05, 3.63) is 0 Å². The molecule has 0 aliphatic heterocycles. The second-order valence-electron chi connectivity index (χ2n) is 12.9. The lowest BCUT2D eigenvalue weighted by atomic mass is 9.81. The molecule has 4 atom stereocenters. The second-order valence-corrected chi connectivity index (χ2v) is 29.6. The summed E-state index contributed by atoms with van der Waals surface area (Å²) in [6.07, 6.45) is 5.37. The Balaban J connectivity index is 6.33. The molecule has 0 bridgehead atoms. The Morgan fingerprint density at radius 1 is 0.719 bits per heavy atom. The summed E-state index contributed by atoms with van der Waals surface area (Å²) in [7, 11) is -6.84. The lowest BCUT2D eigenvalue weighted by Gasteiger charge is -2.57. The largest absolute Gasteiger partial charge is 0.420 e. The molecule has 0 spiro atoms. The van der Waals surface area contributed by atoms with Crippen molar-refractivity contribution < 1.29 is 13.3 Å². The third-order valence-electron chi connectivity index (χ3n) is 8.43. The molecule has 3 nitrogen and oxygen atoms in total. The van der Waals surface area contributed by atoms with E-state index in [0.717, 1.165) is 32.1 Å². The van der Waals surface area contributed by atoms with E-state index in [0.29, 0.717) is 5.73 Å². The quantitative estimate of drug-likeness (QED) is 0.202. The first-order chi connectivity index (χ1) is 14.2. The fourth-order valence-electron chi connectivity index (χ4n) is 5.79. The van der Waals surface area contributed by atoms with Crippen LogP contribution < -0.4 is 0 Å². The topological polar surface area (TPSA) is 27.7 Å². The summed E-state index contributed by atoms with van der Waals surface area (Å²) in [5.41, 5.74) is 0.235. The Hall–Kier alpha value is 0.748. The lowest BCUT2D eigenvalue weighted by Crippen LogP contribution is -2.65. The molecule has 0 heterocycles. The van der Waals surface area contributed by atoms with Crippen LogP contribution in [0.25, 0.3) is 0 Å². The van der Waals surface area contributed by atoms with Crippen LogP contribution in [0.3, 0.4) is 0 Å². The van der Waals surface area contributed by atoms with Gasteiger partial charge in [-0.25, -0.2) is 0 Å². The molecule has 0 aromatic rings. The molecule has 0 saturated heterocycles. The van der Waals surface area contributed by atoms with Crippen molar-refractivity contribution in [2.75, 3.05) is 0 Å². The maximum Gasteiger partial charge on any atom is 0.217 e. The standard InChI is InChI=1S/C25H60O3Si4/c1-17-22(30(9,10)11)26-29(8)25(20-4,21-5)23(6,18-2)27-32(15,16)24(7,19-3)28-31(12,13)14/h22,29H,17-21H2,1-16H3. The van der Waals surface area contributed by atoms with Crippen LogP contribution >= 0.6 is 0 Å². The van der Waals surface area contributed by atoms with Gasteiger partial charge in [0.1, 0.15) is 0 Å². The summed E-state index contributed by atoms with van der Waals surface area (Å²) in [6.45, 7) is 37.9. The molecular formula is C25H60O3Si4. The van der Waals surface area contributed by atoms with Crippen LogP contribution in [0.15, 0.2) is 0 Å². The van der Waals surface area contributed by atoms with E-state index >= 15 is 0 Å². The van der Waals surface area contributed by atoms with Crippen LogP contribution in [0.1, 0.15) is 80.6 Å². The molecule has 194 valence electrons. The molecule has 0 aromatic heterocycles. The highest BCUT2D eigenvalue weighted by atomic mass is 28.4. The Labute approximate surface area is 207 Å². The maximum absolute atomic E-state index is 7.45. The average Bonchev–Trinajstić information content (AvgIpc) is 2.64. The first-order valence-electron chi connectivity index (χ1n) is 13.3. The predicted octanol–water partition coefficient (Wildman–Crippen LogP) is 8.52. The summed E-state index contributed by atoms with van der Waals surface area (Å²) < 4.78 is 21.4. The smallest absolute Gasteiger partial charge is 0.217 e. The fourth-order valence-corrected chi connectivity index (χ4v) is 18.5. The molecule has 0 aliphatic carbocycles. The van der Waals surface area contributed by atoms with E-state index in [4.69, 9.17) is 13.3 Å². The highest BCUT2D eigenvalue weighted by molar-refractivity contribution is 6.78. The predicted molar refractivity (Wildman–Crippen MR) is 155 cm³/mol. The van der Waals surface area contributed by atoms with Gasteiger partial charge in [0.2, 0.25) is 8.32 Å². The van der Waals surface area contributed by atoms with Gasteiger partial charge in [0.05, 0.1) is 18.9 Å². The van der Waals surface area contributed by atoms with E-state index in [1.807, 2.05) is 0 Å². The van der Waals surface area contributed by atoms with Crippen molar-refractivity contribution in [3.63, 3.8) is 0 Å². The van der Waals surface area contributed by atoms with Gasteiger partial charge >= 0.3 is 0 Å². The Bertz CT molecular complexity index is 567. The minimum absolute atomic E-state index is 0.104. The van der Waals surface area contributed by atoms with Gasteiger partial charge in [-0.1, -0.05) is 54.3 Å². The van der Waals surface area contributed by atoms with Crippen LogP contribution in [0.5, 0.6) is 0 Å². The Kier molecular flexibility index (Phi) is 11.9. The first-order valence-corrected chi connectivity index (χ1v) is 25.4. The van der Waals surface area contributed by atoms with E-state index in [2.05, 4.69) is 107 Å². The molecule has 0 saturated carbocycles. The van der Waals surface area contributed by atoms with Gasteiger partial charge in [0.25, 0.3) is 0 Å². The van der Waals surface area contributed by atoms with E-state index in [1.54, 1.807) is 0 Å². The molecule has 0 aromatic carbocycles. The van der Waals surface area contributed by atoms with Gasteiger partial charge < -0.3 is 13.3 Å². The van der Waals surface area contributed by atoms with Crippen LogP contribution in [0.2, 0.25) is 64.0 Å². The number of hydrogen-bond donors (Lipinski definition) is 0. The van der Waals surface area contributed by atoms with E-state index in [9.17, 15) is 0 Å². The van der Waals surface area contributed by atoms with Gasteiger partial charge in [-0.2, -0.15) is 0 Å². The number of rotatable bonds is 15. The molecular weight excluding hydrogens is 461 g/mol. The highest BCUT2D eigenvalue weighted by Crippen LogP contribution is 2.54. The zero-order valence-electron chi connectivity index (χ0n) is 24.9. The molecule has 0 rings (SSSR count). The fraction of sp³-hybridized carbons (Fsp3) is 1.00. The molecule has 0 radical (unpaired) electrons. The van der Waals surface area contributed by atoms with Gasteiger partial charge in [0, 0.05) is 10.8 Å². The van der Waals surface area contributed by atoms with Crippen LogP contribution in [0.4, 0.5) is 0 Å². The van der Waals surface area contributed by atoms with Gasteiger partial charge in [-0.15, -0.1) is 0 Å². The first kappa shape index (κ1) is 32.7. The molecule has 4 unspecified atom stereocenters. The molecule has 0 aliphatic rings. The van der Waals surface area contributed by atoms with Crippen LogP contribution in [-0.4, -0.2) is 50.3 Å². The van der Waals surface area contributed by atoms with E-state index < -0.39 is 33.7 Å². The summed E-state index contributed by atoms with van der Waals surface area (Å²) >= 11 is 0. The van der Waals surface area contributed by atoms with E-state index in [1.165, 1.54) is 0 Å². The van der Waals surface area contributed by atoms with Crippen molar-refractivity contribution in [1.29, 1.82) is 0 Å². The molecule has 0 fully saturated rings. The normalized spacial score (nSPS) is 19.9.